The maximum atomic E-state index is 13.8. The molecule has 0 spiro atoms. The zero-order valence-corrected chi connectivity index (χ0v) is 10.8. The van der Waals surface area contributed by atoms with Crippen molar-refractivity contribution in [3.63, 3.8) is 0 Å². The number of aryl methyl sites for hydroxylation is 1. The molecule has 1 heterocycles. The average molecular weight is 248 g/mol. The number of nitrogens with zero attached hydrogens (tertiary/aromatic N) is 2. The largest absolute Gasteiger partial charge is 0.392 e. The van der Waals surface area contributed by atoms with E-state index in [1.54, 1.807) is 6.20 Å². The lowest BCUT2D eigenvalue weighted by molar-refractivity contribution is 0.215. The van der Waals surface area contributed by atoms with E-state index in [0.29, 0.717) is 5.69 Å². The number of aromatic nitrogens is 2. The van der Waals surface area contributed by atoms with E-state index < -0.39 is 5.67 Å². The smallest absolute Gasteiger partial charge is 0.148 e. The Labute approximate surface area is 106 Å². The van der Waals surface area contributed by atoms with Crippen LogP contribution in [0.5, 0.6) is 0 Å². The Morgan fingerprint density at radius 3 is 2.33 bits per heavy atom. The van der Waals surface area contributed by atoms with Crippen molar-refractivity contribution >= 4 is 0 Å². The van der Waals surface area contributed by atoms with Crippen molar-refractivity contribution in [3.05, 3.63) is 41.7 Å². The maximum absolute atomic E-state index is 13.8. The minimum absolute atomic E-state index is 0.0175. The Morgan fingerprint density at radius 2 is 1.89 bits per heavy atom. The van der Waals surface area contributed by atoms with E-state index in [-0.39, 0.29) is 6.61 Å². The summed E-state index contributed by atoms with van der Waals surface area (Å²) in [5.41, 5.74) is 0.733. The number of alkyl halides is 1. The topological polar surface area (TPSA) is 38.0 Å². The highest BCUT2D eigenvalue weighted by molar-refractivity contribution is 5.56. The highest BCUT2D eigenvalue weighted by atomic mass is 19.1. The summed E-state index contributed by atoms with van der Waals surface area (Å²) in [6, 6.07) is 7.43. The zero-order valence-electron chi connectivity index (χ0n) is 10.8. The van der Waals surface area contributed by atoms with Gasteiger partial charge in [0.15, 0.2) is 0 Å². The number of imidazole rings is 1. The number of aliphatic hydroxyl groups is 1. The van der Waals surface area contributed by atoms with Crippen LogP contribution >= 0.6 is 0 Å². The molecule has 2 aromatic rings. The number of hydrogen-bond donors (Lipinski definition) is 1. The molecule has 0 unspecified atom stereocenters. The first-order valence-corrected chi connectivity index (χ1v) is 5.85. The second-order valence-corrected chi connectivity index (χ2v) is 4.89. The van der Waals surface area contributed by atoms with Gasteiger partial charge in [-0.3, -0.25) is 0 Å². The molecule has 96 valence electrons. The summed E-state index contributed by atoms with van der Waals surface area (Å²) in [5, 5.41) is 8.99. The van der Waals surface area contributed by atoms with Crippen molar-refractivity contribution in [2.45, 2.75) is 26.1 Å². The van der Waals surface area contributed by atoms with E-state index in [2.05, 4.69) is 4.98 Å². The van der Waals surface area contributed by atoms with E-state index in [1.807, 2.05) is 35.9 Å². The summed E-state index contributed by atoms with van der Waals surface area (Å²) in [4.78, 5) is 4.33. The van der Waals surface area contributed by atoms with Crippen LogP contribution in [0.4, 0.5) is 4.39 Å². The van der Waals surface area contributed by atoms with Gasteiger partial charge in [0.2, 0.25) is 0 Å². The Hall–Kier alpha value is -1.68. The second kappa shape index (κ2) is 4.53. The van der Waals surface area contributed by atoms with Crippen LogP contribution in [-0.4, -0.2) is 14.7 Å². The lowest BCUT2D eigenvalue weighted by atomic mass is 10.1. The van der Waals surface area contributed by atoms with Crippen LogP contribution in [0.2, 0.25) is 0 Å². The molecule has 2 rings (SSSR count). The van der Waals surface area contributed by atoms with Gasteiger partial charge in [0.05, 0.1) is 12.3 Å². The van der Waals surface area contributed by atoms with Crippen LogP contribution in [0.3, 0.4) is 0 Å². The number of hydrogen-bond acceptors (Lipinski definition) is 2. The number of rotatable bonds is 3. The van der Waals surface area contributed by atoms with Gasteiger partial charge in [-0.15, -0.1) is 0 Å². The molecule has 4 heteroatoms. The lowest BCUT2D eigenvalue weighted by Crippen LogP contribution is -2.09. The van der Waals surface area contributed by atoms with Crippen molar-refractivity contribution in [1.29, 1.82) is 0 Å². The molecular formula is C14H17FN2O. The maximum Gasteiger partial charge on any atom is 0.148 e. The van der Waals surface area contributed by atoms with Gasteiger partial charge in [0.25, 0.3) is 0 Å². The van der Waals surface area contributed by atoms with Crippen molar-refractivity contribution in [1.82, 2.24) is 9.55 Å². The average Bonchev–Trinajstić information content (AvgIpc) is 2.71. The summed E-state index contributed by atoms with van der Waals surface area (Å²) >= 11 is 0. The summed E-state index contributed by atoms with van der Waals surface area (Å²) in [6.45, 7) is 3.01. The normalized spacial score (nSPS) is 11.8. The van der Waals surface area contributed by atoms with Crippen LogP contribution in [0.1, 0.15) is 25.1 Å². The minimum atomic E-state index is -1.44. The molecule has 0 saturated carbocycles. The summed E-state index contributed by atoms with van der Waals surface area (Å²) < 4.78 is 15.7. The van der Waals surface area contributed by atoms with Gasteiger partial charge in [-0.25, -0.2) is 9.37 Å². The van der Waals surface area contributed by atoms with Gasteiger partial charge in [-0.1, -0.05) is 24.3 Å². The van der Waals surface area contributed by atoms with Gasteiger partial charge in [-0.2, -0.15) is 0 Å². The Morgan fingerprint density at radius 1 is 1.28 bits per heavy atom. The van der Waals surface area contributed by atoms with Crippen LogP contribution < -0.4 is 0 Å². The minimum Gasteiger partial charge on any atom is -0.392 e. The third kappa shape index (κ3) is 2.43. The second-order valence-electron chi connectivity index (χ2n) is 4.89. The van der Waals surface area contributed by atoms with Crippen LogP contribution in [-0.2, 0) is 19.3 Å². The third-order valence-corrected chi connectivity index (χ3v) is 2.88. The molecular weight excluding hydrogens is 231 g/mol. The fraction of sp³-hybridized carbons (Fsp3) is 0.357. The van der Waals surface area contributed by atoms with E-state index in [4.69, 9.17) is 5.11 Å². The van der Waals surface area contributed by atoms with Crippen LogP contribution in [0, 0.1) is 0 Å². The molecule has 18 heavy (non-hydrogen) atoms. The summed E-state index contributed by atoms with van der Waals surface area (Å²) in [7, 11) is 1.84. The predicted molar refractivity (Wildman–Crippen MR) is 68.7 cm³/mol. The fourth-order valence-electron chi connectivity index (χ4n) is 1.78. The Bertz CT molecular complexity index is 538. The van der Waals surface area contributed by atoms with Crippen molar-refractivity contribution < 1.29 is 9.50 Å². The molecule has 0 amide bonds. The van der Waals surface area contributed by atoms with E-state index >= 15 is 0 Å². The van der Waals surface area contributed by atoms with E-state index in [9.17, 15) is 4.39 Å². The first-order valence-electron chi connectivity index (χ1n) is 5.85. The molecule has 1 N–H and O–H groups in total. The van der Waals surface area contributed by atoms with Gasteiger partial charge >= 0.3 is 0 Å². The molecule has 0 radical (unpaired) electrons. The van der Waals surface area contributed by atoms with Crippen molar-refractivity contribution in [2.24, 2.45) is 7.05 Å². The van der Waals surface area contributed by atoms with Crippen molar-refractivity contribution in [3.8, 4) is 11.4 Å². The first-order chi connectivity index (χ1) is 8.41. The van der Waals surface area contributed by atoms with Gasteiger partial charge in [0, 0.05) is 18.8 Å². The highest BCUT2D eigenvalue weighted by Gasteiger charge is 2.23. The molecule has 0 aliphatic heterocycles. The zero-order chi connectivity index (χ0) is 13.3. The molecule has 1 aromatic carbocycles. The molecule has 1 aromatic heterocycles. The summed E-state index contributed by atoms with van der Waals surface area (Å²) in [5.74, 6) is 0.722. The first kappa shape index (κ1) is 12.8. The fourth-order valence-corrected chi connectivity index (χ4v) is 1.78. The molecule has 0 saturated heterocycles. The van der Waals surface area contributed by atoms with Crippen molar-refractivity contribution in [2.75, 3.05) is 0 Å². The lowest BCUT2D eigenvalue weighted by Gasteiger charge is -2.09. The number of aliphatic hydroxyl groups excluding tert-OH is 1. The summed E-state index contributed by atoms with van der Waals surface area (Å²) in [6.07, 6.45) is 1.70. The van der Waals surface area contributed by atoms with E-state index in [0.717, 1.165) is 17.0 Å². The Balaban J connectivity index is 2.41. The third-order valence-electron chi connectivity index (χ3n) is 2.88. The quantitative estimate of drug-likeness (QED) is 0.907. The molecule has 0 aliphatic rings. The monoisotopic (exact) mass is 248 g/mol. The van der Waals surface area contributed by atoms with Gasteiger partial charge < -0.3 is 9.67 Å². The van der Waals surface area contributed by atoms with Crippen LogP contribution in [0.15, 0.2) is 30.5 Å². The van der Waals surface area contributed by atoms with E-state index in [1.165, 1.54) is 13.8 Å². The predicted octanol–water partition coefficient (Wildman–Crippen LogP) is 2.78. The molecule has 0 bridgehead atoms. The van der Waals surface area contributed by atoms with Crippen LogP contribution in [0.25, 0.3) is 11.4 Å². The molecule has 3 nitrogen and oxygen atoms in total. The molecule has 0 atom stereocenters. The Kier molecular flexibility index (Phi) is 3.22. The highest BCUT2D eigenvalue weighted by Crippen LogP contribution is 2.27. The molecule has 0 aliphatic carbocycles. The standard InChI is InChI=1S/C14H17FN2O/c1-14(2,15)12-8-17(3)13(16-12)11-6-4-10(9-18)5-7-11/h4-8,18H,9H2,1-3H3. The number of halogens is 1. The van der Waals surface area contributed by atoms with Gasteiger partial charge in [0.1, 0.15) is 11.5 Å². The number of benzene rings is 1. The molecule has 0 fully saturated rings. The van der Waals surface area contributed by atoms with Gasteiger partial charge in [-0.05, 0) is 19.4 Å². The SMILES string of the molecule is Cn1cc(C(C)(C)F)nc1-c1ccc(CO)cc1.